The van der Waals surface area contributed by atoms with E-state index in [1.165, 1.54) is 0 Å². The van der Waals surface area contributed by atoms with E-state index in [9.17, 15) is 0 Å². The molecular weight excluding hydrogens is 226 g/mol. The third-order valence-electron chi connectivity index (χ3n) is 2.68. The van der Waals surface area contributed by atoms with E-state index >= 15 is 0 Å². The highest BCUT2D eigenvalue weighted by Gasteiger charge is 2.16. The zero-order valence-electron chi connectivity index (χ0n) is 10.2. The third-order valence-corrected chi connectivity index (χ3v) is 3.04. The zero-order valence-corrected chi connectivity index (χ0v) is 10.9. The molecular formula is C11H18ClN3O. The second kappa shape index (κ2) is 5.46. The van der Waals surface area contributed by atoms with Gasteiger partial charge in [-0.3, -0.25) is 0 Å². The van der Waals surface area contributed by atoms with E-state index in [4.69, 9.17) is 16.7 Å². The maximum atomic E-state index is 9.05. The topological polar surface area (TPSA) is 49.2 Å². The second-order valence-electron chi connectivity index (χ2n) is 4.08. The van der Waals surface area contributed by atoms with Crippen LogP contribution in [0.25, 0.3) is 0 Å². The van der Waals surface area contributed by atoms with Gasteiger partial charge < -0.3 is 10.0 Å². The van der Waals surface area contributed by atoms with Crippen LogP contribution in [0.1, 0.15) is 25.0 Å². The van der Waals surface area contributed by atoms with Crippen LogP contribution in [0.5, 0.6) is 0 Å². The van der Waals surface area contributed by atoms with Crippen molar-refractivity contribution in [2.45, 2.75) is 33.7 Å². The lowest BCUT2D eigenvalue weighted by Crippen LogP contribution is -2.35. The number of hydrogen-bond acceptors (Lipinski definition) is 4. The molecule has 16 heavy (non-hydrogen) atoms. The number of aliphatic hydroxyl groups excluding tert-OH is 1. The molecule has 0 aliphatic rings. The van der Waals surface area contributed by atoms with Crippen LogP contribution in [-0.4, -0.2) is 34.5 Å². The normalized spacial score (nSPS) is 10.9. The van der Waals surface area contributed by atoms with Gasteiger partial charge in [0.1, 0.15) is 0 Å². The van der Waals surface area contributed by atoms with Crippen molar-refractivity contribution in [3.05, 3.63) is 16.3 Å². The Morgan fingerprint density at radius 3 is 2.38 bits per heavy atom. The Labute approximate surface area is 101 Å². The summed E-state index contributed by atoms with van der Waals surface area (Å²) < 4.78 is 0. The summed E-state index contributed by atoms with van der Waals surface area (Å²) in [6.07, 6.45) is 0. The number of anilines is 1. The summed E-state index contributed by atoms with van der Waals surface area (Å²) in [7, 11) is 0. The first kappa shape index (κ1) is 13.2. The van der Waals surface area contributed by atoms with Gasteiger partial charge in [-0.1, -0.05) is 11.6 Å². The quantitative estimate of drug-likeness (QED) is 0.878. The van der Waals surface area contributed by atoms with Gasteiger partial charge in [0.2, 0.25) is 0 Å². The summed E-state index contributed by atoms with van der Waals surface area (Å²) in [6, 6.07) is 0.265. The van der Waals surface area contributed by atoms with Gasteiger partial charge >= 0.3 is 0 Å². The molecule has 1 aromatic rings. The van der Waals surface area contributed by atoms with Crippen LogP contribution in [0.2, 0.25) is 5.15 Å². The van der Waals surface area contributed by atoms with Crippen LogP contribution in [0.3, 0.4) is 0 Å². The van der Waals surface area contributed by atoms with E-state index in [1.54, 1.807) is 0 Å². The summed E-state index contributed by atoms with van der Waals surface area (Å²) in [5, 5.41) is 17.5. The molecule has 0 bridgehead atoms. The molecule has 0 aliphatic carbocycles. The molecule has 0 atom stereocenters. The lowest BCUT2D eigenvalue weighted by molar-refractivity contribution is 0.298. The maximum absolute atomic E-state index is 9.05. The monoisotopic (exact) mass is 243 g/mol. The maximum Gasteiger partial charge on any atom is 0.155 e. The Morgan fingerprint density at radius 1 is 1.25 bits per heavy atom. The molecule has 1 heterocycles. The van der Waals surface area contributed by atoms with Crippen molar-refractivity contribution >= 4 is 17.4 Å². The van der Waals surface area contributed by atoms with Gasteiger partial charge in [0, 0.05) is 12.6 Å². The molecule has 1 rings (SSSR count). The van der Waals surface area contributed by atoms with E-state index < -0.39 is 0 Å². The number of nitrogens with zero attached hydrogens (tertiary/aromatic N) is 3. The molecule has 0 aliphatic heterocycles. The van der Waals surface area contributed by atoms with Crippen LogP contribution in [0.4, 0.5) is 5.82 Å². The van der Waals surface area contributed by atoms with E-state index in [0.717, 1.165) is 16.9 Å². The van der Waals surface area contributed by atoms with E-state index in [1.807, 2.05) is 18.7 Å². The molecule has 0 fully saturated rings. The molecule has 1 N–H and O–H groups in total. The molecule has 0 saturated heterocycles. The van der Waals surface area contributed by atoms with Crippen molar-refractivity contribution in [2.24, 2.45) is 0 Å². The van der Waals surface area contributed by atoms with E-state index in [-0.39, 0.29) is 12.6 Å². The van der Waals surface area contributed by atoms with E-state index in [0.29, 0.717) is 11.7 Å². The third kappa shape index (κ3) is 2.62. The summed E-state index contributed by atoms with van der Waals surface area (Å²) >= 11 is 5.91. The van der Waals surface area contributed by atoms with Crippen LogP contribution < -0.4 is 4.90 Å². The number of hydrogen-bond donors (Lipinski definition) is 1. The van der Waals surface area contributed by atoms with Gasteiger partial charge in [-0.25, -0.2) is 0 Å². The Morgan fingerprint density at radius 2 is 1.88 bits per heavy atom. The Balaban J connectivity index is 3.15. The molecule has 1 aromatic heterocycles. The van der Waals surface area contributed by atoms with Gasteiger partial charge in [-0.05, 0) is 38.8 Å². The van der Waals surface area contributed by atoms with Crippen molar-refractivity contribution in [1.29, 1.82) is 0 Å². The highest BCUT2D eigenvalue weighted by atomic mass is 35.5. The minimum Gasteiger partial charge on any atom is -0.395 e. The summed E-state index contributed by atoms with van der Waals surface area (Å²) in [6.45, 7) is 8.65. The van der Waals surface area contributed by atoms with Gasteiger partial charge in [0.25, 0.3) is 0 Å². The van der Waals surface area contributed by atoms with Gasteiger partial charge in [-0.15, -0.1) is 10.2 Å². The second-order valence-corrected chi connectivity index (χ2v) is 4.43. The zero-order chi connectivity index (χ0) is 12.3. The average molecular weight is 244 g/mol. The van der Waals surface area contributed by atoms with Crippen LogP contribution >= 0.6 is 11.6 Å². The fraction of sp³-hybridized carbons (Fsp3) is 0.636. The summed E-state index contributed by atoms with van der Waals surface area (Å²) in [5.41, 5.74) is 1.96. The van der Waals surface area contributed by atoms with Gasteiger partial charge in [0.05, 0.1) is 6.61 Å². The van der Waals surface area contributed by atoms with Crippen LogP contribution in [0, 0.1) is 13.8 Å². The average Bonchev–Trinajstić information content (AvgIpc) is 2.24. The molecule has 5 heteroatoms. The minimum atomic E-state index is 0.0982. The van der Waals surface area contributed by atoms with Crippen molar-refractivity contribution in [3.63, 3.8) is 0 Å². The predicted octanol–water partition coefficient (Wildman–Crippen LogP) is 1.95. The fourth-order valence-electron chi connectivity index (χ4n) is 1.55. The standard InChI is InChI=1S/C11H18ClN3O/c1-7(2)15(5-6-16)11-9(4)8(3)10(12)13-14-11/h7,16H,5-6H2,1-4H3. The summed E-state index contributed by atoms with van der Waals surface area (Å²) in [5.74, 6) is 0.797. The Kier molecular flexibility index (Phi) is 4.50. The Hall–Kier alpha value is -0.870. The van der Waals surface area contributed by atoms with Crippen molar-refractivity contribution in [2.75, 3.05) is 18.1 Å². The van der Waals surface area contributed by atoms with Crippen molar-refractivity contribution in [1.82, 2.24) is 10.2 Å². The minimum absolute atomic E-state index is 0.0982. The van der Waals surface area contributed by atoms with Crippen LogP contribution in [-0.2, 0) is 0 Å². The first-order chi connectivity index (χ1) is 7.49. The predicted molar refractivity (Wildman–Crippen MR) is 66.1 cm³/mol. The fourth-order valence-corrected chi connectivity index (χ4v) is 1.73. The SMILES string of the molecule is Cc1c(Cl)nnc(N(CCO)C(C)C)c1C. The highest BCUT2D eigenvalue weighted by Crippen LogP contribution is 2.24. The molecule has 0 unspecified atom stereocenters. The highest BCUT2D eigenvalue weighted by molar-refractivity contribution is 6.30. The first-order valence-electron chi connectivity index (χ1n) is 5.36. The first-order valence-corrected chi connectivity index (χ1v) is 5.73. The molecule has 0 spiro atoms. The largest absolute Gasteiger partial charge is 0.395 e. The smallest absolute Gasteiger partial charge is 0.155 e. The van der Waals surface area contributed by atoms with Crippen LogP contribution in [0.15, 0.2) is 0 Å². The lowest BCUT2D eigenvalue weighted by Gasteiger charge is -2.28. The van der Waals surface area contributed by atoms with Gasteiger partial charge in [0.15, 0.2) is 11.0 Å². The lowest BCUT2D eigenvalue weighted by atomic mass is 10.1. The molecule has 90 valence electrons. The number of rotatable bonds is 4. The Bertz CT molecular complexity index is 368. The van der Waals surface area contributed by atoms with Gasteiger partial charge in [-0.2, -0.15) is 0 Å². The molecule has 0 radical (unpaired) electrons. The molecule has 0 saturated carbocycles. The van der Waals surface area contributed by atoms with Crippen molar-refractivity contribution in [3.8, 4) is 0 Å². The van der Waals surface area contributed by atoms with E-state index in [2.05, 4.69) is 24.0 Å². The van der Waals surface area contributed by atoms with Crippen molar-refractivity contribution < 1.29 is 5.11 Å². The molecule has 0 aromatic carbocycles. The number of halogens is 1. The number of aromatic nitrogens is 2. The molecule has 0 amide bonds. The number of aliphatic hydroxyl groups is 1. The summed E-state index contributed by atoms with van der Waals surface area (Å²) in [4.78, 5) is 2.02. The molecule has 4 nitrogen and oxygen atoms in total.